The van der Waals surface area contributed by atoms with Gasteiger partial charge in [0.15, 0.2) is 0 Å². The number of phenols is 1. The lowest BCUT2D eigenvalue weighted by atomic mass is 10.1. The first-order valence-corrected chi connectivity index (χ1v) is 7.65. The summed E-state index contributed by atoms with van der Waals surface area (Å²) in [6.45, 7) is 3.48. The predicted octanol–water partition coefficient (Wildman–Crippen LogP) is 2.68. The number of sulfonamides is 1. The van der Waals surface area contributed by atoms with Gasteiger partial charge in [0.05, 0.1) is 11.3 Å². The number of aromatic hydroxyl groups is 1. The van der Waals surface area contributed by atoms with Crippen LogP contribution in [-0.2, 0) is 10.0 Å². The van der Waals surface area contributed by atoms with E-state index in [4.69, 9.17) is 5.26 Å². The van der Waals surface area contributed by atoms with Crippen molar-refractivity contribution in [2.24, 2.45) is 0 Å². The molecule has 0 fully saturated rings. The Morgan fingerprint density at radius 3 is 2.52 bits per heavy atom. The van der Waals surface area contributed by atoms with Crippen LogP contribution >= 0.6 is 0 Å². The molecule has 0 heterocycles. The summed E-state index contributed by atoms with van der Waals surface area (Å²) >= 11 is 0. The molecule has 0 saturated carbocycles. The first kappa shape index (κ1) is 14.9. The van der Waals surface area contributed by atoms with Crippen molar-refractivity contribution in [3.8, 4) is 11.8 Å². The Hall–Kier alpha value is -2.52. The number of nitrogens with zero attached hydrogens (tertiary/aromatic N) is 1. The van der Waals surface area contributed by atoms with Crippen LogP contribution in [0, 0.1) is 25.2 Å². The molecule has 0 aliphatic carbocycles. The zero-order valence-electron chi connectivity index (χ0n) is 11.6. The highest BCUT2D eigenvalue weighted by molar-refractivity contribution is 7.92. The van der Waals surface area contributed by atoms with E-state index in [9.17, 15) is 13.5 Å². The summed E-state index contributed by atoms with van der Waals surface area (Å²) in [5, 5.41) is 19.0. The molecule has 0 amide bonds. The van der Waals surface area contributed by atoms with Crippen molar-refractivity contribution in [3.63, 3.8) is 0 Å². The molecule has 108 valence electrons. The molecule has 0 saturated heterocycles. The summed E-state index contributed by atoms with van der Waals surface area (Å²) in [6.07, 6.45) is 0. The van der Waals surface area contributed by atoms with Gasteiger partial charge in [0.1, 0.15) is 16.7 Å². The van der Waals surface area contributed by atoms with E-state index in [1.165, 1.54) is 24.3 Å². The average Bonchev–Trinajstić information content (AvgIpc) is 2.44. The standard InChI is InChI=1S/C15H14N2O3S/c1-10-7-11(2)15(18)13(8-10)17-21(19,20)14-6-4-3-5-12(14)9-16/h3-8,17-18H,1-2H3. The van der Waals surface area contributed by atoms with E-state index in [1.807, 2.05) is 6.07 Å². The third-order valence-corrected chi connectivity index (χ3v) is 4.41. The topological polar surface area (TPSA) is 90.2 Å². The van der Waals surface area contributed by atoms with E-state index >= 15 is 0 Å². The van der Waals surface area contributed by atoms with Gasteiger partial charge in [-0.2, -0.15) is 5.26 Å². The number of nitriles is 1. The van der Waals surface area contributed by atoms with Gasteiger partial charge >= 0.3 is 0 Å². The zero-order valence-corrected chi connectivity index (χ0v) is 12.4. The Kier molecular flexibility index (Phi) is 3.87. The first-order valence-electron chi connectivity index (χ1n) is 6.17. The van der Waals surface area contributed by atoms with Crippen molar-refractivity contribution in [3.05, 3.63) is 53.1 Å². The Morgan fingerprint density at radius 1 is 1.19 bits per heavy atom. The fourth-order valence-corrected chi connectivity index (χ4v) is 3.25. The lowest BCUT2D eigenvalue weighted by Gasteiger charge is -2.13. The molecule has 0 aromatic heterocycles. The third-order valence-electron chi connectivity index (χ3n) is 2.99. The van der Waals surface area contributed by atoms with Gasteiger partial charge in [-0.25, -0.2) is 8.42 Å². The zero-order chi connectivity index (χ0) is 15.6. The van der Waals surface area contributed by atoms with Crippen LogP contribution in [0.3, 0.4) is 0 Å². The van der Waals surface area contributed by atoms with Crippen LogP contribution in [0.25, 0.3) is 0 Å². The van der Waals surface area contributed by atoms with Crippen LogP contribution in [0.4, 0.5) is 5.69 Å². The van der Waals surface area contributed by atoms with Crippen LogP contribution in [0.1, 0.15) is 16.7 Å². The van der Waals surface area contributed by atoms with Crippen molar-refractivity contribution in [1.29, 1.82) is 5.26 Å². The van der Waals surface area contributed by atoms with Gasteiger partial charge in [-0.05, 0) is 43.2 Å². The van der Waals surface area contributed by atoms with E-state index in [1.54, 1.807) is 26.0 Å². The summed E-state index contributed by atoms with van der Waals surface area (Å²) in [5.74, 6) is -0.126. The molecule has 0 unspecified atom stereocenters. The smallest absolute Gasteiger partial charge is 0.263 e. The summed E-state index contributed by atoms with van der Waals surface area (Å²) in [4.78, 5) is -0.119. The Balaban J connectivity index is 2.51. The lowest BCUT2D eigenvalue weighted by Crippen LogP contribution is -2.14. The molecule has 0 spiro atoms. The molecule has 0 radical (unpaired) electrons. The van der Waals surface area contributed by atoms with Gasteiger partial charge in [-0.3, -0.25) is 4.72 Å². The molecule has 0 atom stereocenters. The van der Waals surface area contributed by atoms with Crippen LogP contribution in [0.2, 0.25) is 0 Å². The van der Waals surface area contributed by atoms with Gasteiger partial charge in [0.2, 0.25) is 0 Å². The Bertz CT molecular complexity index is 836. The normalized spacial score (nSPS) is 10.9. The van der Waals surface area contributed by atoms with Crippen LogP contribution in [0.5, 0.6) is 5.75 Å². The number of hydrogen-bond acceptors (Lipinski definition) is 4. The highest BCUT2D eigenvalue weighted by Crippen LogP contribution is 2.31. The average molecular weight is 302 g/mol. The molecule has 2 rings (SSSR count). The van der Waals surface area contributed by atoms with E-state index < -0.39 is 10.0 Å². The maximum absolute atomic E-state index is 12.4. The number of rotatable bonds is 3. The minimum atomic E-state index is -3.94. The van der Waals surface area contributed by atoms with Crippen molar-refractivity contribution in [2.75, 3.05) is 4.72 Å². The summed E-state index contributed by atoms with van der Waals surface area (Å²) in [7, 11) is -3.94. The minimum Gasteiger partial charge on any atom is -0.505 e. The Labute approximate surface area is 123 Å². The molecule has 5 nitrogen and oxygen atoms in total. The number of hydrogen-bond donors (Lipinski definition) is 2. The maximum Gasteiger partial charge on any atom is 0.263 e. The molecule has 6 heteroatoms. The summed E-state index contributed by atoms with van der Waals surface area (Å²) in [5.41, 5.74) is 1.53. The second-order valence-electron chi connectivity index (χ2n) is 4.69. The highest BCUT2D eigenvalue weighted by Gasteiger charge is 2.20. The Morgan fingerprint density at radius 2 is 1.86 bits per heavy atom. The van der Waals surface area contributed by atoms with Crippen molar-refractivity contribution >= 4 is 15.7 Å². The molecule has 21 heavy (non-hydrogen) atoms. The molecule has 0 bridgehead atoms. The van der Waals surface area contributed by atoms with Crippen LogP contribution < -0.4 is 4.72 Å². The summed E-state index contributed by atoms with van der Waals surface area (Å²) < 4.78 is 27.1. The fraction of sp³-hybridized carbons (Fsp3) is 0.133. The van der Waals surface area contributed by atoms with Gasteiger partial charge in [-0.1, -0.05) is 18.2 Å². The molecule has 2 aromatic rings. The predicted molar refractivity (Wildman–Crippen MR) is 79.5 cm³/mol. The monoisotopic (exact) mass is 302 g/mol. The van der Waals surface area contributed by atoms with Crippen LogP contribution in [0.15, 0.2) is 41.3 Å². The quantitative estimate of drug-likeness (QED) is 0.853. The van der Waals surface area contributed by atoms with Gasteiger partial charge in [0, 0.05) is 0 Å². The van der Waals surface area contributed by atoms with E-state index in [0.29, 0.717) is 5.56 Å². The molecule has 2 N–H and O–H groups in total. The fourth-order valence-electron chi connectivity index (χ4n) is 2.03. The number of anilines is 1. The van der Waals surface area contributed by atoms with E-state index in [0.717, 1.165) is 5.56 Å². The van der Waals surface area contributed by atoms with E-state index in [-0.39, 0.29) is 21.9 Å². The number of benzene rings is 2. The summed E-state index contributed by atoms with van der Waals surface area (Å²) in [6, 6.07) is 11.0. The minimum absolute atomic E-state index is 0.0499. The van der Waals surface area contributed by atoms with Gasteiger partial charge in [0.25, 0.3) is 10.0 Å². The number of aryl methyl sites for hydroxylation is 2. The molecular weight excluding hydrogens is 288 g/mol. The van der Waals surface area contributed by atoms with Gasteiger partial charge in [-0.15, -0.1) is 0 Å². The SMILES string of the molecule is Cc1cc(C)c(O)c(NS(=O)(=O)c2ccccc2C#N)c1. The molecule has 2 aromatic carbocycles. The van der Waals surface area contributed by atoms with Crippen molar-refractivity contribution in [2.45, 2.75) is 18.7 Å². The van der Waals surface area contributed by atoms with Crippen molar-refractivity contribution in [1.82, 2.24) is 0 Å². The second-order valence-corrected chi connectivity index (χ2v) is 6.34. The maximum atomic E-state index is 12.4. The largest absolute Gasteiger partial charge is 0.505 e. The molecule has 0 aliphatic rings. The molecule has 0 aliphatic heterocycles. The highest BCUT2D eigenvalue weighted by atomic mass is 32.2. The van der Waals surface area contributed by atoms with Crippen LogP contribution in [-0.4, -0.2) is 13.5 Å². The second kappa shape index (κ2) is 5.46. The third kappa shape index (κ3) is 2.98. The number of nitrogens with one attached hydrogen (secondary N) is 1. The lowest BCUT2D eigenvalue weighted by molar-refractivity contribution is 0.473. The van der Waals surface area contributed by atoms with E-state index in [2.05, 4.69) is 4.72 Å². The molecular formula is C15H14N2O3S. The first-order chi connectivity index (χ1) is 9.85. The van der Waals surface area contributed by atoms with Gasteiger partial charge < -0.3 is 5.11 Å². The van der Waals surface area contributed by atoms with Crippen molar-refractivity contribution < 1.29 is 13.5 Å². The number of phenolic OH excluding ortho intramolecular Hbond substituents is 1.